The third-order valence-electron chi connectivity index (χ3n) is 6.73. The molecule has 0 bridgehead atoms. The van der Waals surface area contributed by atoms with Crippen molar-refractivity contribution in [2.24, 2.45) is 5.92 Å². The molecule has 9 heteroatoms. The minimum atomic E-state index is -4.10. The van der Waals surface area contributed by atoms with Crippen molar-refractivity contribution in [3.05, 3.63) is 59.2 Å². The van der Waals surface area contributed by atoms with Crippen LogP contribution in [0.1, 0.15) is 41.6 Å². The SMILES string of the molecule is O=C(O)c1ccc2c(c1F)C1(CCSCC1)C(C1CC1)N2S(=O)(=O)c1ccc(F)cc1. The average Bonchev–Trinajstić information content (AvgIpc) is 3.53. The van der Waals surface area contributed by atoms with Gasteiger partial charge in [-0.25, -0.2) is 22.0 Å². The van der Waals surface area contributed by atoms with Crippen LogP contribution in [0, 0.1) is 17.6 Å². The fraction of sp³-hybridized carbons (Fsp3) is 0.409. The molecule has 3 aliphatic rings. The average molecular weight is 466 g/mol. The normalized spacial score (nSPS) is 22.5. The number of sulfonamides is 1. The first-order valence-corrected chi connectivity index (χ1v) is 12.8. The van der Waals surface area contributed by atoms with E-state index in [1.807, 2.05) is 0 Å². The fourth-order valence-corrected chi connectivity index (χ4v) is 8.26. The molecule has 5 rings (SSSR count). The lowest BCUT2D eigenvalue weighted by Gasteiger charge is -2.41. The zero-order valence-electron chi connectivity index (χ0n) is 16.6. The Hall–Kier alpha value is -2.13. The molecule has 1 saturated heterocycles. The zero-order valence-corrected chi connectivity index (χ0v) is 18.2. The third-order valence-corrected chi connectivity index (χ3v) is 9.52. The molecule has 1 N–H and O–H groups in total. The first kappa shape index (κ1) is 20.8. The number of hydrogen-bond donors (Lipinski definition) is 1. The van der Waals surface area contributed by atoms with E-state index in [0.29, 0.717) is 12.8 Å². The predicted octanol–water partition coefficient (Wildman–Crippen LogP) is 4.42. The molecule has 0 aromatic heterocycles. The second kappa shape index (κ2) is 7.20. The maximum Gasteiger partial charge on any atom is 0.338 e. The van der Waals surface area contributed by atoms with Crippen LogP contribution in [-0.2, 0) is 15.4 Å². The van der Waals surface area contributed by atoms with E-state index in [1.165, 1.54) is 22.5 Å². The largest absolute Gasteiger partial charge is 0.478 e. The van der Waals surface area contributed by atoms with Crippen LogP contribution in [-0.4, -0.2) is 37.0 Å². The number of aromatic carboxylic acids is 1. The molecule has 1 atom stereocenters. The molecule has 1 saturated carbocycles. The van der Waals surface area contributed by atoms with E-state index >= 15 is 4.39 Å². The highest BCUT2D eigenvalue weighted by Crippen LogP contribution is 2.60. The van der Waals surface area contributed by atoms with Gasteiger partial charge in [0.2, 0.25) is 0 Å². The smallest absolute Gasteiger partial charge is 0.338 e. The maximum atomic E-state index is 15.7. The van der Waals surface area contributed by atoms with Gasteiger partial charge in [0.05, 0.1) is 22.2 Å². The zero-order chi connectivity index (χ0) is 22.0. The van der Waals surface area contributed by atoms with Crippen LogP contribution in [0.25, 0.3) is 0 Å². The number of rotatable bonds is 4. The monoisotopic (exact) mass is 465 g/mol. The van der Waals surface area contributed by atoms with E-state index in [9.17, 15) is 22.7 Å². The molecule has 1 unspecified atom stereocenters. The number of anilines is 1. The predicted molar refractivity (Wildman–Crippen MR) is 114 cm³/mol. The van der Waals surface area contributed by atoms with Crippen molar-refractivity contribution >= 4 is 33.4 Å². The molecule has 31 heavy (non-hydrogen) atoms. The first-order valence-electron chi connectivity index (χ1n) is 10.2. The van der Waals surface area contributed by atoms with Crippen LogP contribution < -0.4 is 4.31 Å². The van der Waals surface area contributed by atoms with Gasteiger partial charge in [-0.05, 0) is 79.5 Å². The number of carboxylic acid groups (broad SMARTS) is 1. The topological polar surface area (TPSA) is 74.7 Å². The summed E-state index contributed by atoms with van der Waals surface area (Å²) in [5.74, 6) is -1.16. The summed E-state index contributed by atoms with van der Waals surface area (Å²) >= 11 is 1.74. The van der Waals surface area contributed by atoms with Crippen molar-refractivity contribution in [2.75, 3.05) is 15.8 Å². The minimum absolute atomic E-state index is 0.0598. The minimum Gasteiger partial charge on any atom is -0.478 e. The van der Waals surface area contributed by atoms with E-state index < -0.39 is 44.6 Å². The quantitative estimate of drug-likeness (QED) is 0.724. The number of benzene rings is 2. The van der Waals surface area contributed by atoms with Gasteiger partial charge in [0.25, 0.3) is 10.0 Å². The Balaban J connectivity index is 1.77. The highest BCUT2D eigenvalue weighted by molar-refractivity contribution is 7.99. The van der Waals surface area contributed by atoms with Crippen LogP contribution in [0.5, 0.6) is 0 Å². The molecule has 2 aliphatic heterocycles. The summed E-state index contributed by atoms with van der Waals surface area (Å²) < 4.78 is 58.0. The molecule has 0 amide bonds. The first-order chi connectivity index (χ1) is 14.8. The molecule has 2 aromatic carbocycles. The molecule has 5 nitrogen and oxygen atoms in total. The Labute approximate surface area is 183 Å². The molecule has 2 heterocycles. The highest BCUT2D eigenvalue weighted by atomic mass is 32.2. The second-order valence-corrected chi connectivity index (χ2v) is 11.5. The van der Waals surface area contributed by atoms with Gasteiger partial charge in [-0.15, -0.1) is 0 Å². The summed E-state index contributed by atoms with van der Waals surface area (Å²) in [4.78, 5) is 11.6. The number of fused-ring (bicyclic) bond motifs is 2. The standard InChI is InChI=1S/C22H21F2NO4S2/c23-14-3-5-15(6-4-14)31(28,29)25-17-8-7-16(21(26)27)19(24)18(17)22(9-11-30-12-10-22)20(25)13-1-2-13/h3-8,13,20H,1-2,9-12H2,(H,26,27). The summed E-state index contributed by atoms with van der Waals surface area (Å²) in [7, 11) is -4.10. The second-order valence-electron chi connectivity index (χ2n) is 8.43. The van der Waals surface area contributed by atoms with Gasteiger partial charge in [-0.2, -0.15) is 11.8 Å². The summed E-state index contributed by atoms with van der Waals surface area (Å²) in [6, 6.07) is 6.72. The highest BCUT2D eigenvalue weighted by Gasteiger charge is 2.60. The van der Waals surface area contributed by atoms with E-state index in [4.69, 9.17) is 0 Å². The van der Waals surface area contributed by atoms with E-state index in [2.05, 4.69) is 0 Å². The fourth-order valence-electron chi connectivity index (χ4n) is 5.25. The van der Waals surface area contributed by atoms with Crippen LogP contribution in [0.2, 0.25) is 0 Å². The van der Waals surface area contributed by atoms with E-state index in [-0.39, 0.29) is 22.1 Å². The van der Waals surface area contributed by atoms with Gasteiger partial charge in [0.15, 0.2) is 0 Å². The van der Waals surface area contributed by atoms with Crippen molar-refractivity contribution in [2.45, 2.75) is 42.0 Å². The van der Waals surface area contributed by atoms with Gasteiger partial charge in [-0.1, -0.05) is 0 Å². The van der Waals surface area contributed by atoms with Crippen molar-refractivity contribution in [3.63, 3.8) is 0 Å². The lowest BCUT2D eigenvalue weighted by atomic mass is 9.70. The third kappa shape index (κ3) is 3.08. The van der Waals surface area contributed by atoms with Crippen LogP contribution in [0.15, 0.2) is 41.3 Å². The lowest BCUT2D eigenvalue weighted by molar-refractivity contribution is 0.0691. The number of nitrogens with zero attached hydrogens (tertiary/aromatic N) is 1. The molecular weight excluding hydrogens is 444 g/mol. The van der Waals surface area contributed by atoms with Crippen molar-refractivity contribution in [1.29, 1.82) is 0 Å². The Morgan fingerprint density at radius 3 is 2.29 bits per heavy atom. The van der Waals surface area contributed by atoms with E-state index in [1.54, 1.807) is 11.8 Å². The van der Waals surface area contributed by atoms with Crippen LogP contribution in [0.4, 0.5) is 14.5 Å². The number of carboxylic acids is 1. The number of carbonyl (C=O) groups is 1. The molecular formula is C22H21F2NO4S2. The summed E-state index contributed by atoms with van der Waals surface area (Å²) in [6.07, 6.45) is 2.86. The van der Waals surface area contributed by atoms with Crippen molar-refractivity contribution in [1.82, 2.24) is 0 Å². The lowest BCUT2D eigenvalue weighted by Crippen LogP contribution is -2.50. The van der Waals surface area contributed by atoms with Gasteiger partial charge < -0.3 is 5.11 Å². The molecule has 2 aromatic rings. The molecule has 1 aliphatic carbocycles. The van der Waals surface area contributed by atoms with Crippen molar-refractivity contribution in [3.8, 4) is 0 Å². The molecule has 0 radical (unpaired) electrons. The Kier molecular flexibility index (Phi) is 4.82. The van der Waals surface area contributed by atoms with Crippen LogP contribution >= 0.6 is 11.8 Å². The molecule has 1 spiro atoms. The number of hydrogen-bond acceptors (Lipinski definition) is 4. The Morgan fingerprint density at radius 1 is 1.06 bits per heavy atom. The van der Waals surface area contributed by atoms with Gasteiger partial charge >= 0.3 is 5.97 Å². The maximum absolute atomic E-state index is 15.7. The van der Waals surface area contributed by atoms with Gasteiger partial charge in [0, 0.05) is 11.0 Å². The summed E-state index contributed by atoms with van der Waals surface area (Å²) in [6.45, 7) is 0. The van der Waals surface area contributed by atoms with Crippen molar-refractivity contribution < 1.29 is 27.1 Å². The summed E-state index contributed by atoms with van der Waals surface area (Å²) in [5.41, 5.74) is -0.762. The Bertz CT molecular complexity index is 1160. The van der Waals surface area contributed by atoms with E-state index in [0.717, 1.165) is 42.5 Å². The van der Waals surface area contributed by atoms with Gasteiger partial charge in [-0.3, -0.25) is 4.31 Å². The van der Waals surface area contributed by atoms with Gasteiger partial charge in [0.1, 0.15) is 11.6 Å². The Morgan fingerprint density at radius 2 is 1.71 bits per heavy atom. The summed E-state index contributed by atoms with van der Waals surface area (Å²) in [5, 5.41) is 9.49. The number of halogens is 2. The number of thioether (sulfide) groups is 1. The van der Waals surface area contributed by atoms with Crippen LogP contribution in [0.3, 0.4) is 0 Å². The molecule has 2 fully saturated rings. The molecule has 164 valence electrons.